The van der Waals surface area contributed by atoms with Crippen LogP contribution in [0.15, 0.2) is 76.3 Å². The van der Waals surface area contributed by atoms with E-state index in [-0.39, 0.29) is 18.3 Å². The lowest BCUT2D eigenvalue weighted by Gasteiger charge is -2.10. The summed E-state index contributed by atoms with van der Waals surface area (Å²) in [5.41, 5.74) is 17.6. The first-order chi connectivity index (χ1) is 21.7. The van der Waals surface area contributed by atoms with Crippen LogP contribution in [-0.2, 0) is 22.4 Å². The number of nitrogens with two attached hydrogens (primary N) is 2. The number of hydrogen-bond donors (Lipinski definition) is 3. The maximum absolute atomic E-state index is 12.2. The van der Waals surface area contributed by atoms with Gasteiger partial charge in [0, 0.05) is 44.9 Å². The van der Waals surface area contributed by atoms with Crippen molar-refractivity contribution in [2.45, 2.75) is 37.5 Å². The number of nitrogens with one attached hydrogen (secondary N) is 1. The van der Waals surface area contributed by atoms with Crippen LogP contribution in [0.1, 0.15) is 63.4 Å². The number of aryl methyl sites for hydroxylation is 2. The number of nitrogens with zero attached hydrogens (tertiary/aromatic N) is 5. The molecule has 0 spiro atoms. The molecular weight excluding hydrogens is 704 g/mol. The summed E-state index contributed by atoms with van der Waals surface area (Å²) in [6, 6.07) is 10.9. The van der Waals surface area contributed by atoms with E-state index in [1.807, 2.05) is 24.5 Å². The minimum atomic E-state index is -0.421. The van der Waals surface area contributed by atoms with Gasteiger partial charge in [-0.1, -0.05) is 0 Å². The van der Waals surface area contributed by atoms with E-state index in [1.54, 1.807) is 24.5 Å². The highest BCUT2D eigenvalue weighted by atomic mass is 79.9. The Morgan fingerprint density at radius 3 is 2.16 bits per heavy atom. The number of nitrogen functional groups attached to an aromatic ring is 2. The summed E-state index contributed by atoms with van der Waals surface area (Å²) in [5, 5.41) is 0. The normalized spacial score (nSPS) is 16.3. The molecule has 2 atom stereocenters. The molecule has 0 radical (unpaired) electrons. The Morgan fingerprint density at radius 1 is 0.800 bits per heavy atom. The van der Waals surface area contributed by atoms with E-state index < -0.39 is 11.9 Å². The first-order valence-corrected chi connectivity index (χ1v) is 15.8. The number of aromatic amines is 1. The topological polar surface area (TPSA) is 176 Å². The number of hydrogen-bond acceptors (Lipinski definition) is 10. The molecule has 5 heterocycles. The molecule has 0 saturated carbocycles. The molecule has 0 amide bonds. The van der Waals surface area contributed by atoms with Crippen LogP contribution in [0, 0.1) is 0 Å². The predicted molar refractivity (Wildman–Crippen MR) is 175 cm³/mol. The lowest BCUT2D eigenvalue weighted by atomic mass is 10.1. The summed E-state index contributed by atoms with van der Waals surface area (Å²) in [4.78, 5) is 49.0. The van der Waals surface area contributed by atoms with E-state index in [1.165, 1.54) is 17.8 Å². The minimum Gasteiger partial charge on any atom is -0.457 e. The largest absolute Gasteiger partial charge is 0.457 e. The third kappa shape index (κ3) is 6.94. The number of Topliss-reactive ketones (excluding diaryl/α,β-unsaturated/α-hetero) is 1. The van der Waals surface area contributed by atoms with Crippen molar-refractivity contribution in [2.24, 2.45) is 0 Å². The molecule has 45 heavy (non-hydrogen) atoms. The maximum Gasteiger partial charge on any atom is 0.315 e. The van der Waals surface area contributed by atoms with Gasteiger partial charge in [-0.2, -0.15) is 0 Å². The van der Waals surface area contributed by atoms with Gasteiger partial charge in [0.05, 0.1) is 35.1 Å². The van der Waals surface area contributed by atoms with Crippen LogP contribution in [-0.4, -0.2) is 48.3 Å². The highest BCUT2D eigenvalue weighted by molar-refractivity contribution is 9.10. The number of pyridine rings is 4. The minimum absolute atomic E-state index is 0.235. The zero-order valence-electron chi connectivity index (χ0n) is 23.9. The van der Waals surface area contributed by atoms with Crippen LogP contribution in [0.3, 0.4) is 0 Å². The van der Waals surface area contributed by atoms with Crippen molar-refractivity contribution in [1.29, 1.82) is 0 Å². The molecule has 2 unspecified atom stereocenters. The SMILES string of the molecule is Nc1ccc(-c2cnc(C3CCc4cc(Br)cnc43)[nH]2)cn1.Nc1ccc(C(=O)COC(=O)C2CCc3cc(Br)cnc32)cn1. The molecule has 228 valence electrons. The number of ether oxygens (including phenoxy) is 1. The molecule has 5 aromatic rings. The van der Waals surface area contributed by atoms with Crippen LogP contribution < -0.4 is 11.5 Å². The number of esters is 1. The van der Waals surface area contributed by atoms with E-state index in [0.717, 1.165) is 62.2 Å². The van der Waals surface area contributed by atoms with Crippen molar-refractivity contribution in [3.05, 3.63) is 110 Å². The quantitative estimate of drug-likeness (QED) is 0.148. The highest BCUT2D eigenvalue weighted by Crippen LogP contribution is 2.37. The number of fused-ring (bicyclic) bond motifs is 2. The fraction of sp³-hybridized carbons (Fsp3) is 0.219. The molecule has 2 aliphatic rings. The zero-order chi connectivity index (χ0) is 31.5. The van der Waals surface area contributed by atoms with Gasteiger partial charge in [-0.15, -0.1) is 0 Å². The van der Waals surface area contributed by atoms with Crippen molar-refractivity contribution in [1.82, 2.24) is 29.9 Å². The molecule has 0 bridgehead atoms. The predicted octanol–water partition coefficient (Wildman–Crippen LogP) is 5.57. The molecule has 2 aliphatic carbocycles. The molecule has 0 saturated heterocycles. The second-order valence-corrected chi connectivity index (χ2v) is 12.6. The molecule has 7 rings (SSSR count). The fourth-order valence-electron chi connectivity index (χ4n) is 5.50. The lowest BCUT2D eigenvalue weighted by Crippen LogP contribution is -2.19. The fourth-order valence-corrected chi connectivity index (χ4v) is 6.25. The van der Waals surface area contributed by atoms with Gasteiger partial charge in [-0.3, -0.25) is 19.6 Å². The number of carbonyl (C=O) groups excluding carboxylic acids is 2. The molecule has 0 fully saturated rings. The van der Waals surface area contributed by atoms with Gasteiger partial charge in [0.2, 0.25) is 5.78 Å². The average Bonchev–Trinajstić information content (AvgIpc) is 3.79. The Balaban J connectivity index is 0.000000159. The second kappa shape index (κ2) is 13.2. The Morgan fingerprint density at radius 2 is 1.47 bits per heavy atom. The summed E-state index contributed by atoms with van der Waals surface area (Å²) < 4.78 is 7.07. The molecule has 11 nitrogen and oxygen atoms in total. The standard InChI is InChI=1S/C16H14BrN5.C16H14BrN3O3/c17-11-5-9-1-3-12(15(9)20-7-11)16-21-8-13(22-16)10-2-4-14(18)19-6-10;17-11-5-9-1-3-12(15(9)20-7-11)16(22)23-8-13(21)10-2-4-14(18)19-6-10/h2,4-8,12H,1,3H2,(H2,18,19)(H,21,22);2,4-7,12H,1,3,8H2,(H2,18,19). The van der Waals surface area contributed by atoms with Crippen molar-refractivity contribution < 1.29 is 14.3 Å². The van der Waals surface area contributed by atoms with Crippen molar-refractivity contribution in [2.75, 3.05) is 18.1 Å². The summed E-state index contributed by atoms with van der Waals surface area (Å²) in [5.74, 6) is 0.902. The Kier molecular flexibility index (Phi) is 8.99. The number of ketones is 1. The first kappa shape index (κ1) is 30.5. The van der Waals surface area contributed by atoms with Crippen LogP contribution in [0.25, 0.3) is 11.3 Å². The number of aromatic nitrogens is 6. The molecule has 5 N–H and O–H groups in total. The number of carbonyl (C=O) groups is 2. The first-order valence-electron chi connectivity index (χ1n) is 14.2. The third-order valence-corrected chi connectivity index (χ3v) is 8.63. The third-order valence-electron chi connectivity index (χ3n) is 7.76. The van der Waals surface area contributed by atoms with Gasteiger partial charge in [-0.05, 0) is 105 Å². The van der Waals surface area contributed by atoms with Gasteiger partial charge in [0.15, 0.2) is 6.61 Å². The van der Waals surface area contributed by atoms with Crippen LogP contribution in [0.5, 0.6) is 0 Å². The Labute approximate surface area is 275 Å². The second-order valence-electron chi connectivity index (χ2n) is 10.7. The summed E-state index contributed by atoms with van der Waals surface area (Å²) in [6.07, 6.45) is 12.0. The van der Waals surface area contributed by atoms with Crippen LogP contribution in [0.2, 0.25) is 0 Å². The van der Waals surface area contributed by atoms with Crippen LogP contribution >= 0.6 is 31.9 Å². The van der Waals surface area contributed by atoms with Crippen molar-refractivity contribution in [3.8, 4) is 11.3 Å². The van der Waals surface area contributed by atoms with Gasteiger partial charge in [-0.25, -0.2) is 15.0 Å². The van der Waals surface area contributed by atoms with E-state index >= 15 is 0 Å². The summed E-state index contributed by atoms with van der Waals surface area (Å²) in [6.45, 7) is -0.313. The van der Waals surface area contributed by atoms with E-state index in [2.05, 4.69) is 67.8 Å². The Bertz CT molecular complexity index is 1860. The highest BCUT2D eigenvalue weighted by Gasteiger charge is 2.32. The summed E-state index contributed by atoms with van der Waals surface area (Å²) >= 11 is 6.84. The number of imidazole rings is 1. The zero-order valence-corrected chi connectivity index (χ0v) is 27.1. The van der Waals surface area contributed by atoms with Gasteiger partial charge in [0.25, 0.3) is 0 Å². The monoisotopic (exact) mass is 730 g/mol. The Hall–Kier alpha value is -4.49. The van der Waals surface area contributed by atoms with E-state index in [9.17, 15) is 9.59 Å². The molecule has 13 heteroatoms. The average molecular weight is 732 g/mol. The number of anilines is 2. The van der Waals surface area contributed by atoms with Crippen molar-refractivity contribution in [3.63, 3.8) is 0 Å². The van der Waals surface area contributed by atoms with Gasteiger partial charge in [0.1, 0.15) is 17.5 Å². The van der Waals surface area contributed by atoms with Gasteiger partial charge < -0.3 is 21.2 Å². The molecular formula is C32H28Br2N8O3. The number of H-pyrrole nitrogens is 1. The number of halogens is 2. The summed E-state index contributed by atoms with van der Waals surface area (Å²) in [7, 11) is 0. The molecule has 0 aliphatic heterocycles. The smallest absolute Gasteiger partial charge is 0.315 e. The van der Waals surface area contributed by atoms with Gasteiger partial charge >= 0.3 is 5.97 Å². The molecule has 5 aromatic heterocycles. The van der Waals surface area contributed by atoms with E-state index in [0.29, 0.717) is 23.6 Å². The van der Waals surface area contributed by atoms with Crippen LogP contribution in [0.4, 0.5) is 11.6 Å². The van der Waals surface area contributed by atoms with E-state index in [4.69, 9.17) is 16.2 Å². The maximum atomic E-state index is 12.2. The lowest BCUT2D eigenvalue weighted by molar-refractivity contribution is -0.144. The molecule has 0 aromatic carbocycles. The number of rotatable bonds is 6. The van der Waals surface area contributed by atoms with Crippen molar-refractivity contribution >= 4 is 55.2 Å².